The van der Waals surface area contributed by atoms with Crippen LogP contribution in [-0.4, -0.2) is 38.7 Å². The zero-order chi connectivity index (χ0) is 85.8. The molecule has 0 N–H and O–H groups in total. The van der Waals surface area contributed by atoms with Gasteiger partial charge < -0.3 is 28.7 Å². The van der Waals surface area contributed by atoms with Gasteiger partial charge >= 0.3 is 42.1 Å². The molecule has 18 aromatic rings. The zero-order valence-corrected chi connectivity index (χ0v) is 78.8. The molecule has 14 heteroatoms. The first-order chi connectivity index (χ1) is 59.7. The molecule has 630 valence electrons. The Bertz CT molecular complexity index is 6710. The van der Waals surface area contributed by atoms with Gasteiger partial charge in [0.25, 0.3) is 0 Å². The molecule has 0 fully saturated rings. The van der Waals surface area contributed by atoms with Crippen molar-refractivity contribution >= 4 is 124 Å². The number of hydrogen-bond acceptors (Lipinski definition) is 8. The summed E-state index contributed by atoms with van der Waals surface area (Å²) in [4.78, 5) is 19.1. The van der Waals surface area contributed by atoms with E-state index in [0.29, 0.717) is 0 Å². The number of para-hydroxylation sites is 6. The maximum absolute atomic E-state index is 5.29. The first-order valence-electron chi connectivity index (χ1n) is 43.2. The third-order valence-electron chi connectivity index (χ3n) is 24.5. The Hall–Kier alpha value is -12.7. The Balaban J connectivity index is 0.000000175. The van der Waals surface area contributed by atoms with Crippen LogP contribution in [0.4, 0.5) is 68.2 Å². The maximum atomic E-state index is 5.29. The van der Waals surface area contributed by atoms with E-state index in [1.54, 1.807) is 0 Å². The minimum absolute atomic E-state index is 0. The van der Waals surface area contributed by atoms with Crippen molar-refractivity contribution in [3.8, 4) is 23.0 Å². The van der Waals surface area contributed by atoms with Crippen molar-refractivity contribution in [1.82, 2.24) is 38.7 Å². The summed E-state index contributed by atoms with van der Waals surface area (Å²) in [6.07, 6.45) is 10.1. The van der Waals surface area contributed by atoms with Crippen LogP contribution in [0.1, 0.15) is 150 Å². The van der Waals surface area contributed by atoms with Gasteiger partial charge in [-0.1, -0.05) is 262 Å². The number of benzene rings is 12. The van der Waals surface area contributed by atoms with E-state index in [-0.39, 0.29) is 63.8 Å². The third-order valence-corrected chi connectivity index (χ3v) is 24.5. The second-order valence-corrected chi connectivity index (χ2v) is 37.1. The van der Waals surface area contributed by atoms with Gasteiger partial charge in [0.15, 0.2) is 0 Å². The summed E-state index contributed by atoms with van der Waals surface area (Å²) in [7, 11) is 0. The Morgan fingerprint density at radius 1 is 0.317 bits per heavy atom. The van der Waals surface area contributed by atoms with Crippen molar-refractivity contribution in [2.75, 3.05) is 19.6 Å². The van der Waals surface area contributed by atoms with Gasteiger partial charge in [0.2, 0.25) is 0 Å². The normalized spacial score (nSPS) is 12.7. The molecule has 0 bridgehead atoms. The van der Waals surface area contributed by atoms with E-state index in [2.05, 4.69) is 435 Å². The largest absolute Gasteiger partial charge is 2.00 e. The first-order valence-corrected chi connectivity index (χ1v) is 43.2. The zero-order valence-electron chi connectivity index (χ0n) is 74.3. The van der Waals surface area contributed by atoms with Crippen molar-refractivity contribution in [3.05, 3.63) is 383 Å². The molecule has 6 aromatic heterocycles. The smallest absolute Gasteiger partial charge is 0.358 e. The maximum Gasteiger partial charge on any atom is 2.00 e. The number of anilines is 12. The number of rotatable bonds is 12. The molecule has 0 amide bonds. The van der Waals surface area contributed by atoms with Crippen molar-refractivity contribution in [2.45, 2.75) is 145 Å². The number of fused-ring (bicyclic) bond motifs is 10. The molecule has 0 saturated heterocycles. The van der Waals surface area contributed by atoms with E-state index in [0.717, 1.165) is 170 Å². The van der Waals surface area contributed by atoms with Crippen LogP contribution in [0.3, 0.4) is 0 Å². The van der Waals surface area contributed by atoms with Crippen LogP contribution in [0, 0.1) is 52.0 Å². The molecule has 0 saturated carbocycles. The van der Waals surface area contributed by atoms with Gasteiger partial charge in [-0.05, 0) is 214 Å². The Morgan fingerprint density at radius 2 is 0.659 bits per heavy atom. The fourth-order valence-electron chi connectivity index (χ4n) is 18.0. The van der Waals surface area contributed by atoms with Crippen molar-refractivity contribution in [1.29, 1.82) is 0 Å². The van der Waals surface area contributed by atoms with E-state index >= 15 is 0 Å². The first kappa shape index (κ1) is 85.4. The average molecular weight is 2010 g/mol. The molecule has 0 atom stereocenters. The van der Waals surface area contributed by atoms with Crippen LogP contribution < -0.4 is 19.6 Å². The molecule has 2 aliphatic rings. The summed E-state index contributed by atoms with van der Waals surface area (Å²) >= 11 is 0. The molecule has 0 unspecified atom stereocenters. The van der Waals surface area contributed by atoms with Crippen LogP contribution in [-0.2, 0) is 76.6 Å². The molecule has 2 aliphatic heterocycles. The number of nitrogens with zero attached hydrogens (tertiary/aromatic N) is 12. The van der Waals surface area contributed by atoms with E-state index in [1.807, 2.05) is 41.3 Å². The third kappa shape index (κ3) is 15.7. The summed E-state index contributed by atoms with van der Waals surface area (Å²) < 4.78 is 8.58. The predicted octanol–water partition coefficient (Wildman–Crippen LogP) is 28.8. The molecule has 0 aliphatic carbocycles. The van der Waals surface area contributed by atoms with Gasteiger partial charge in [0, 0.05) is 46.2 Å². The van der Waals surface area contributed by atoms with Gasteiger partial charge in [-0.15, -0.1) is 71.4 Å². The summed E-state index contributed by atoms with van der Waals surface area (Å²) in [6, 6.07) is 115. The molecule has 126 heavy (non-hydrogen) atoms. The quantitative estimate of drug-likeness (QED) is 0.112. The Labute approximate surface area is 769 Å². The van der Waals surface area contributed by atoms with Gasteiger partial charge in [0.05, 0.1) is 45.5 Å². The van der Waals surface area contributed by atoms with Crippen LogP contribution >= 0.6 is 0 Å². The Kier molecular flexibility index (Phi) is 22.8. The van der Waals surface area contributed by atoms with Crippen molar-refractivity contribution in [3.63, 3.8) is 0 Å². The fraction of sp³-hybridized carbons (Fsp3) is 0.196. The van der Waals surface area contributed by atoms with Crippen LogP contribution in [0.25, 0.3) is 78.8 Å². The summed E-state index contributed by atoms with van der Waals surface area (Å²) in [5.41, 5.74) is 31.9. The number of pyridine rings is 2. The van der Waals surface area contributed by atoms with Gasteiger partial charge in [-0.2, -0.15) is 34.5 Å². The molecular weight excluding hydrogens is 1900 g/mol. The van der Waals surface area contributed by atoms with E-state index in [1.165, 1.54) is 44.8 Å². The average Bonchev–Trinajstić information content (AvgIpc) is 1.11. The predicted molar refractivity (Wildman–Crippen MR) is 516 cm³/mol. The number of hydrogen-bond donors (Lipinski definition) is 0. The van der Waals surface area contributed by atoms with Gasteiger partial charge in [-0.3, -0.25) is 9.36 Å². The summed E-state index contributed by atoms with van der Waals surface area (Å²) in [5.74, 6) is 1.70. The van der Waals surface area contributed by atoms with Crippen molar-refractivity contribution < 1.29 is 42.1 Å². The SMILES string of the molecule is Cc1nn(-c2[c-]c(N(c3[c-]c4c(cc3)c3ccccc3n4-c3ccccn3)c3cc(C(C)(C)C)cc(C(C)(C)C)c3)ccc2)c(C)c1N1c2ccccc2C=Cc2ccccc21.Cc1nn(-c2[c-]c(N(c3[c-]c4c(cc3)c3ccccc3n4-c3ccccn3)c3cc(C(C)(C)C)cc(C(C)(C)C)c3)ccc2)c(C)c1N1c2ccccc2CCc2ccccc21.[Pt+2].[Pt+2]. The topological polar surface area (TPSA) is 84.2 Å². The van der Waals surface area contributed by atoms with Crippen molar-refractivity contribution in [2.24, 2.45) is 0 Å². The van der Waals surface area contributed by atoms with E-state index in [9.17, 15) is 0 Å². The van der Waals surface area contributed by atoms with Crippen LogP contribution in [0.15, 0.2) is 291 Å². The monoisotopic (exact) mass is 2000 g/mol. The Morgan fingerprint density at radius 3 is 1.04 bits per heavy atom. The molecule has 0 spiro atoms. The number of aromatic nitrogens is 8. The molecule has 12 nitrogen and oxygen atoms in total. The standard InChI is InChI=1S/C56H52N6.C56H50N6.2Pt/c2*1-37-54(61-49-23-12-9-18-39(49)27-28-40-19-10-13-24-50(40)61)38(2)62(58-37)45-21-17-20-43(35-45)59(46-33-41(55(3,4)5)32-42(34-46)56(6,7)8)44-29-30-48-47-22-11-14-25-51(47)60(52(48)36-44)53-26-15-16-31-57-53;;/h9-26,29-34H,27-28H2,1-8H3;9-34H,1-8H3;;/q2*-2;2*+2. The van der Waals surface area contributed by atoms with Crippen LogP contribution in [0.2, 0.25) is 0 Å². The molecule has 12 aromatic carbocycles. The second-order valence-electron chi connectivity index (χ2n) is 37.1. The van der Waals surface area contributed by atoms with E-state index < -0.39 is 0 Å². The molecular formula is C112H102N12Pt2. The summed E-state index contributed by atoms with van der Waals surface area (Å²) in [6.45, 7) is 36.1. The minimum atomic E-state index is -0.0908. The molecule has 8 heterocycles. The summed E-state index contributed by atoms with van der Waals surface area (Å²) in [5, 5.41) is 15.1. The van der Waals surface area contributed by atoms with E-state index in [4.69, 9.17) is 20.2 Å². The fourth-order valence-corrected chi connectivity index (χ4v) is 18.0. The molecule has 0 radical (unpaired) electrons. The minimum Gasteiger partial charge on any atom is -0.358 e. The van der Waals surface area contributed by atoms with Gasteiger partial charge in [-0.25, -0.2) is 9.97 Å². The second kappa shape index (κ2) is 33.6. The molecule has 20 rings (SSSR count). The van der Waals surface area contributed by atoms with Crippen LogP contribution in [0.5, 0.6) is 0 Å². The van der Waals surface area contributed by atoms with Gasteiger partial charge in [0.1, 0.15) is 11.6 Å². The number of aryl methyl sites for hydroxylation is 4.